The molecule has 0 amide bonds. The van der Waals surface area contributed by atoms with Gasteiger partial charge in [0.15, 0.2) is 5.58 Å². The molecule has 61 valence electrons. The van der Waals surface area contributed by atoms with Crippen LogP contribution in [0.5, 0.6) is 0 Å². The second-order valence-electron chi connectivity index (χ2n) is 2.73. The van der Waals surface area contributed by atoms with Gasteiger partial charge < -0.3 is 4.42 Å². The van der Waals surface area contributed by atoms with Gasteiger partial charge in [-0.15, -0.1) is 0 Å². The zero-order valence-corrected chi connectivity index (χ0v) is 6.70. The molecular formula is C9H8NO2. The minimum atomic E-state index is -0.337. The molecule has 1 aromatic heterocycles. The Labute approximate surface area is 69.2 Å². The van der Waals surface area contributed by atoms with Crippen molar-refractivity contribution in [2.45, 2.75) is 0 Å². The van der Waals surface area contributed by atoms with Crippen LogP contribution in [0.2, 0.25) is 0 Å². The molecule has 0 N–H and O–H groups in total. The van der Waals surface area contributed by atoms with E-state index in [-0.39, 0.29) is 5.76 Å². The summed E-state index contributed by atoms with van der Waals surface area (Å²) in [6, 6.07) is 5.38. The van der Waals surface area contributed by atoms with Gasteiger partial charge >= 0.3 is 5.76 Å². The van der Waals surface area contributed by atoms with Gasteiger partial charge in [0.1, 0.15) is 0 Å². The first-order valence-corrected chi connectivity index (χ1v) is 3.60. The van der Waals surface area contributed by atoms with Gasteiger partial charge in [-0.05, 0) is 24.6 Å². The highest BCUT2D eigenvalue weighted by Crippen LogP contribution is 2.12. The van der Waals surface area contributed by atoms with Crippen molar-refractivity contribution < 1.29 is 4.42 Å². The molecule has 0 atom stereocenters. The number of hydrogen-bond acceptors (Lipinski definition) is 2. The third kappa shape index (κ3) is 0.863. The highest BCUT2D eigenvalue weighted by atomic mass is 16.4. The summed E-state index contributed by atoms with van der Waals surface area (Å²) in [6.07, 6.45) is 0. The Balaban J connectivity index is 2.98. The lowest BCUT2D eigenvalue weighted by atomic mass is 10.2. The summed E-state index contributed by atoms with van der Waals surface area (Å²) in [5.74, 6) is -0.337. The average molecular weight is 162 g/mol. The van der Waals surface area contributed by atoms with Crippen molar-refractivity contribution in [3.05, 3.63) is 41.2 Å². The van der Waals surface area contributed by atoms with Crippen LogP contribution in [0.1, 0.15) is 5.56 Å². The molecule has 0 spiro atoms. The van der Waals surface area contributed by atoms with Crippen molar-refractivity contribution >= 4 is 11.1 Å². The molecule has 3 heteroatoms. The lowest BCUT2D eigenvalue weighted by molar-refractivity contribution is 0.528. The number of fused-ring (bicyclic) bond motifs is 1. The van der Waals surface area contributed by atoms with Gasteiger partial charge in [0.05, 0.1) is 5.52 Å². The minimum absolute atomic E-state index is 0.337. The monoisotopic (exact) mass is 162 g/mol. The quantitative estimate of drug-likeness (QED) is 0.585. The Bertz CT molecular complexity index is 479. The van der Waals surface area contributed by atoms with Crippen molar-refractivity contribution in [2.24, 2.45) is 7.05 Å². The number of benzene rings is 1. The van der Waals surface area contributed by atoms with Crippen LogP contribution >= 0.6 is 0 Å². The van der Waals surface area contributed by atoms with Crippen LogP contribution in [-0.2, 0) is 7.05 Å². The number of oxazole rings is 1. The number of rotatable bonds is 0. The van der Waals surface area contributed by atoms with Crippen LogP contribution in [-0.4, -0.2) is 4.57 Å². The summed E-state index contributed by atoms with van der Waals surface area (Å²) in [4.78, 5) is 11.0. The van der Waals surface area contributed by atoms with E-state index in [0.29, 0.717) is 5.58 Å². The van der Waals surface area contributed by atoms with Crippen LogP contribution in [0.15, 0.2) is 27.4 Å². The first kappa shape index (κ1) is 7.16. The predicted molar refractivity (Wildman–Crippen MR) is 45.9 cm³/mol. The molecule has 0 fully saturated rings. The van der Waals surface area contributed by atoms with E-state index in [9.17, 15) is 4.79 Å². The van der Waals surface area contributed by atoms with Crippen LogP contribution in [0.3, 0.4) is 0 Å². The fourth-order valence-corrected chi connectivity index (χ4v) is 1.17. The van der Waals surface area contributed by atoms with Crippen LogP contribution < -0.4 is 5.76 Å². The second kappa shape index (κ2) is 2.24. The number of aryl methyl sites for hydroxylation is 1. The number of hydrogen-bond donors (Lipinski definition) is 0. The van der Waals surface area contributed by atoms with Gasteiger partial charge in [-0.25, -0.2) is 4.79 Å². The number of nitrogens with zero attached hydrogens (tertiary/aromatic N) is 1. The molecule has 0 saturated carbocycles. The first-order valence-electron chi connectivity index (χ1n) is 3.60. The zero-order valence-electron chi connectivity index (χ0n) is 6.70. The molecule has 12 heavy (non-hydrogen) atoms. The van der Waals surface area contributed by atoms with Gasteiger partial charge in [0.25, 0.3) is 0 Å². The topological polar surface area (TPSA) is 35.1 Å². The smallest absolute Gasteiger partial charge is 0.408 e. The standard InChI is InChI=1S/C9H8NO2/c1-6-3-4-8-7(5-6)10(2)9(11)12-8/h3-5H,1H2,2H3. The Morgan fingerprint density at radius 2 is 2.25 bits per heavy atom. The maximum atomic E-state index is 11.0. The summed E-state index contributed by atoms with van der Waals surface area (Å²) in [5.41, 5.74) is 2.27. The summed E-state index contributed by atoms with van der Waals surface area (Å²) >= 11 is 0. The lowest BCUT2D eigenvalue weighted by Gasteiger charge is -1.92. The highest BCUT2D eigenvalue weighted by Gasteiger charge is 2.03. The predicted octanol–water partition coefficient (Wildman–Crippen LogP) is 1.31. The maximum absolute atomic E-state index is 11.0. The molecule has 0 aliphatic carbocycles. The van der Waals surface area contributed by atoms with Gasteiger partial charge in [-0.2, -0.15) is 0 Å². The minimum Gasteiger partial charge on any atom is -0.408 e. The molecule has 3 nitrogen and oxygen atoms in total. The van der Waals surface area contributed by atoms with Crippen molar-refractivity contribution in [3.63, 3.8) is 0 Å². The Hall–Kier alpha value is -1.51. The summed E-state index contributed by atoms with van der Waals surface area (Å²) in [6.45, 7) is 3.76. The third-order valence-electron chi connectivity index (χ3n) is 1.86. The van der Waals surface area contributed by atoms with Gasteiger partial charge in [-0.3, -0.25) is 4.57 Å². The van der Waals surface area contributed by atoms with Gasteiger partial charge in [-0.1, -0.05) is 6.07 Å². The molecule has 0 aliphatic heterocycles. The summed E-state index contributed by atoms with van der Waals surface area (Å²) in [7, 11) is 1.67. The molecule has 0 aliphatic rings. The average Bonchev–Trinajstić information content (AvgIpc) is 2.31. The molecule has 1 radical (unpaired) electrons. The SMILES string of the molecule is [CH2]c1ccc2oc(=O)n(C)c2c1. The lowest BCUT2D eigenvalue weighted by Crippen LogP contribution is -2.08. The van der Waals surface area contributed by atoms with E-state index in [1.165, 1.54) is 4.57 Å². The van der Waals surface area contributed by atoms with Crippen molar-refractivity contribution in [3.8, 4) is 0 Å². The molecule has 0 bridgehead atoms. The first-order chi connectivity index (χ1) is 5.68. The van der Waals surface area contributed by atoms with Crippen molar-refractivity contribution in [1.29, 1.82) is 0 Å². The van der Waals surface area contributed by atoms with Crippen LogP contribution in [0.4, 0.5) is 0 Å². The number of aromatic nitrogens is 1. The van der Waals surface area contributed by atoms with Crippen LogP contribution in [0, 0.1) is 6.92 Å². The summed E-state index contributed by atoms with van der Waals surface area (Å²) < 4.78 is 6.40. The molecule has 1 aromatic carbocycles. The molecule has 2 aromatic rings. The van der Waals surface area contributed by atoms with Gasteiger partial charge in [0, 0.05) is 7.05 Å². The van der Waals surface area contributed by atoms with E-state index in [2.05, 4.69) is 6.92 Å². The second-order valence-corrected chi connectivity index (χ2v) is 2.73. The van der Waals surface area contributed by atoms with Crippen LogP contribution in [0.25, 0.3) is 11.1 Å². The van der Waals surface area contributed by atoms with E-state index in [4.69, 9.17) is 4.42 Å². The fraction of sp³-hybridized carbons (Fsp3) is 0.111. The molecule has 2 rings (SSSR count). The Kier molecular flexibility index (Phi) is 1.33. The highest BCUT2D eigenvalue weighted by molar-refractivity contribution is 5.73. The molecular weight excluding hydrogens is 154 g/mol. The molecule has 0 saturated heterocycles. The summed E-state index contributed by atoms with van der Waals surface area (Å²) in [5, 5.41) is 0. The molecule has 1 heterocycles. The Morgan fingerprint density at radius 3 is 3.00 bits per heavy atom. The third-order valence-corrected chi connectivity index (χ3v) is 1.86. The van der Waals surface area contributed by atoms with Crippen molar-refractivity contribution in [2.75, 3.05) is 0 Å². The van der Waals surface area contributed by atoms with E-state index in [1.807, 2.05) is 12.1 Å². The zero-order chi connectivity index (χ0) is 8.72. The largest absolute Gasteiger partial charge is 0.419 e. The van der Waals surface area contributed by atoms with E-state index in [1.54, 1.807) is 13.1 Å². The maximum Gasteiger partial charge on any atom is 0.419 e. The van der Waals surface area contributed by atoms with E-state index in [0.717, 1.165) is 11.1 Å². The van der Waals surface area contributed by atoms with Crippen molar-refractivity contribution in [1.82, 2.24) is 4.57 Å². The van der Waals surface area contributed by atoms with E-state index < -0.39 is 0 Å². The Morgan fingerprint density at radius 1 is 1.50 bits per heavy atom. The normalized spacial score (nSPS) is 10.8. The van der Waals surface area contributed by atoms with Gasteiger partial charge in [0.2, 0.25) is 0 Å². The molecule has 0 unspecified atom stereocenters. The van der Waals surface area contributed by atoms with E-state index >= 15 is 0 Å². The fourth-order valence-electron chi connectivity index (χ4n) is 1.17.